The molecule has 3 rings (SSSR count). The van der Waals surface area contributed by atoms with Gasteiger partial charge in [-0.1, -0.05) is 51.0 Å². The minimum Gasteiger partial charge on any atom is -0.480 e. The Kier molecular flexibility index (Phi) is 6.78. The van der Waals surface area contributed by atoms with E-state index in [1.54, 1.807) is 4.68 Å². The first-order chi connectivity index (χ1) is 14.5. The summed E-state index contributed by atoms with van der Waals surface area (Å²) in [6, 6.07) is 1.99. The number of nitrogens with zero attached hydrogens (tertiary/aromatic N) is 2. The zero-order valence-corrected chi connectivity index (χ0v) is 20.1. The molecule has 0 spiro atoms. The van der Waals surface area contributed by atoms with Crippen molar-refractivity contribution in [2.45, 2.75) is 86.6 Å². The first-order valence-corrected chi connectivity index (χ1v) is 11.6. The molecule has 1 aromatic rings. The molecular weight excluding hydrogens is 384 g/mol. The third-order valence-corrected chi connectivity index (χ3v) is 7.04. The smallest absolute Gasteiger partial charge is 0.325 e. The molecule has 4 nitrogen and oxygen atoms in total. The monoisotopic (exact) mass is 422 g/mol. The quantitative estimate of drug-likeness (QED) is 0.534. The van der Waals surface area contributed by atoms with Crippen molar-refractivity contribution in [3.05, 3.63) is 51.9 Å². The lowest BCUT2D eigenvalue weighted by molar-refractivity contribution is -0.137. The van der Waals surface area contributed by atoms with Crippen LogP contribution in [-0.4, -0.2) is 20.9 Å². The predicted molar refractivity (Wildman–Crippen MR) is 129 cm³/mol. The molecule has 2 aliphatic carbocycles. The van der Waals surface area contributed by atoms with Gasteiger partial charge in [0.15, 0.2) is 0 Å². The summed E-state index contributed by atoms with van der Waals surface area (Å²) in [4.78, 5) is 11.4. The van der Waals surface area contributed by atoms with Crippen LogP contribution < -0.4 is 0 Å². The fourth-order valence-electron chi connectivity index (χ4n) is 5.28. The Bertz CT molecular complexity index is 967. The Balaban J connectivity index is 1.92. The minimum atomic E-state index is -0.881. The van der Waals surface area contributed by atoms with E-state index in [-0.39, 0.29) is 17.4 Å². The van der Waals surface area contributed by atoms with Crippen molar-refractivity contribution >= 4 is 18.1 Å². The van der Waals surface area contributed by atoms with Crippen LogP contribution in [0.25, 0.3) is 12.2 Å². The van der Waals surface area contributed by atoms with E-state index in [2.05, 4.69) is 58.8 Å². The van der Waals surface area contributed by atoms with E-state index in [4.69, 9.17) is 0 Å². The first kappa shape index (κ1) is 23.3. The summed E-state index contributed by atoms with van der Waals surface area (Å²) in [6.45, 7) is 13.5. The molecule has 1 heterocycles. The van der Waals surface area contributed by atoms with Crippen molar-refractivity contribution in [2.24, 2.45) is 10.8 Å². The maximum Gasteiger partial charge on any atom is 0.325 e. The van der Waals surface area contributed by atoms with Gasteiger partial charge in [0.25, 0.3) is 0 Å². The number of aliphatic carboxylic acids is 1. The van der Waals surface area contributed by atoms with Crippen LogP contribution in [0.2, 0.25) is 0 Å². The van der Waals surface area contributed by atoms with Crippen LogP contribution >= 0.6 is 0 Å². The van der Waals surface area contributed by atoms with Gasteiger partial charge in [-0.25, -0.2) is 0 Å². The van der Waals surface area contributed by atoms with Crippen molar-refractivity contribution in [1.29, 1.82) is 0 Å². The number of rotatable bonds is 6. The highest BCUT2D eigenvalue weighted by atomic mass is 16.4. The Morgan fingerprint density at radius 1 is 0.968 bits per heavy atom. The molecule has 0 atom stereocenters. The van der Waals surface area contributed by atoms with Gasteiger partial charge in [-0.3, -0.25) is 9.48 Å². The van der Waals surface area contributed by atoms with Gasteiger partial charge < -0.3 is 5.11 Å². The van der Waals surface area contributed by atoms with E-state index in [0.29, 0.717) is 0 Å². The molecule has 0 bridgehead atoms. The maximum atomic E-state index is 11.4. The summed E-state index contributed by atoms with van der Waals surface area (Å²) in [6.07, 6.45) is 15.6. The van der Waals surface area contributed by atoms with Crippen molar-refractivity contribution in [1.82, 2.24) is 9.78 Å². The topological polar surface area (TPSA) is 55.1 Å². The van der Waals surface area contributed by atoms with Crippen LogP contribution in [-0.2, 0) is 11.3 Å². The largest absolute Gasteiger partial charge is 0.480 e. The Morgan fingerprint density at radius 3 is 1.97 bits per heavy atom. The van der Waals surface area contributed by atoms with E-state index in [1.807, 2.05) is 18.2 Å². The SMILES string of the molecule is CC1=C(/C=C/c2cc(/C=C/C3=C(C)CCCC3(C)C)n(CC(=O)O)n2)C(C)(C)CCC1. The molecule has 0 radical (unpaired) electrons. The molecule has 0 saturated carbocycles. The van der Waals surface area contributed by atoms with Gasteiger partial charge in [0, 0.05) is 0 Å². The van der Waals surface area contributed by atoms with Gasteiger partial charge in [0.1, 0.15) is 6.54 Å². The lowest BCUT2D eigenvalue weighted by Gasteiger charge is -2.32. The molecule has 0 fully saturated rings. The number of carboxylic acids is 1. The van der Waals surface area contributed by atoms with Crippen LogP contribution in [0.4, 0.5) is 0 Å². The summed E-state index contributed by atoms with van der Waals surface area (Å²) in [5.41, 5.74) is 7.57. The number of aromatic nitrogens is 2. The third-order valence-electron chi connectivity index (χ3n) is 7.04. The van der Waals surface area contributed by atoms with Crippen LogP contribution in [0.5, 0.6) is 0 Å². The first-order valence-electron chi connectivity index (χ1n) is 11.6. The molecule has 0 aromatic carbocycles. The van der Waals surface area contributed by atoms with Crippen molar-refractivity contribution in [2.75, 3.05) is 0 Å². The van der Waals surface area contributed by atoms with Gasteiger partial charge in [0.2, 0.25) is 0 Å². The van der Waals surface area contributed by atoms with Gasteiger partial charge in [0.05, 0.1) is 11.4 Å². The van der Waals surface area contributed by atoms with E-state index in [1.165, 1.54) is 48.0 Å². The average Bonchev–Trinajstić information content (AvgIpc) is 3.00. The predicted octanol–water partition coefficient (Wildman–Crippen LogP) is 7.05. The second-order valence-electron chi connectivity index (χ2n) is 10.6. The second-order valence-corrected chi connectivity index (χ2v) is 10.6. The summed E-state index contributed by atoms with van der Waals surface area (Å²) < 4.78 is 1.59. The molecule has 168 valence electrons. The lowest BCUT2D eigenvalue weighted by Crippen LogP contribution is -2.19. The number of hydrogen-bond acceptors (Lipinski definition) is 2. The molecule has 0 amide bonds. The molecular formula is C27H38N2O2. The van der Waals surface area contributed by atoms with Gasteiger partial charge in [-0.05, 0) is 92.6 Å². The number of carbonyl (C=O) groups is 1. The Labute approximate surface area is 187 Å². The maximum absolute atomic E-state index is 11.4. The van der Waals surface area contributed by atoms with Crippen LogP contribution in [0.3, 0.4) is 0 Å². The molecule has 0 unspecified atom stereocenters. The molecule has 0 saturated heterocycles. The third kappa shape index (κ3) is 5.47. The fourth-order valence-corrected chi connectivity index (χ4v) is 5.28. The highest BCUT2D eigenvalue weighted by Gasteiger charge is 2.27. The van der Waals surface area contributed by atoms with Crippen LogP contribution in [0, 0.1) is 10.8 Å². The summed E-state index contributed by atoms with van der Waals surface area (Å²) >= 11 is 0. The minimum absolute atomic E-state index is 0.137. The summed E-state index contributed by atoms with van der Waals surface area (Å²) in [5.74, 6) is -0.881. The Hall–Kier alpha value is -2.36. The second kappa shape index (κ2) is 9.02. The van der Waals surface area contributed by atoms with Crippen molar-refractivity contribution < 1.29 is 9.90 Å². The van der Waals surface area contributed by atoms with Gasteiger partial charge >= 0.3 is 5.97 Å². The van der Waals surface area contributed by atoms with Crippen molar-refractivity contribution in [3.8, 4) is 0 Å². The summed E-state index contributed by atoms with van der Waals surface area (Å²) in [7, 11) is 0. The normalized spacial score (nSPS) is 21.5. The molecule has 0 aliphatic heterocycles. The van der Waals surface area contributed by atoms with Gasteiger partial charge in [-0.2, -0.15) is 5.10 Å². The van der Waals surface area contributed by atoms with E-state index in [0.717, 1.165) is 24.2 Å². The molecule has 1 N–H and O–H groups in total. The van der Waals surface area contributed by atoms with E-state index < -0.39 is 5.97 Å². The Morgan fingerprint density at radius 2 is 1.48 bits per heavy atom. The zero-order chi connectivity index (χ0) is 22.8. The lowest BCUT2D eigenvalue weighted by atomic mass is 9.72. The molecule has 4 heteroatoms. The van der Waals surface area contributed by atoms with Gasteiger partial charge in [-0.15, -0.1) is 0 Å². The van der Waals surface area contributed by atoms with Crippen molar-refractivity contribution in [3.63, 3.8) is 0 Å². The van der Waals surface area contributed by atoms with E-state index >= 15 is 0 Å². The number of carboxylic acid groups (broad SMARTS) is 1. The highest BCUT2D eigenvalue weighted by Crippen LogP contribution is 2.42. The highest BCUT2D eigenvalue weighted by molar-refractivity contribution is 5.67. The molecule has 31 heavy (non-hydrogen) atoms. The van der Waals surface area contributed by atoms with Crippen LogP contribution in [0.1, 0.15) is 91.5 Å². The van der Waals surface area contributed by atoms with Crippen LogP contribution in [0.15, 0.2) is 40.5 Å². The number of allylic oxidation sites excluding steroid dienone is 6. The summed E-state index contributed by atoms with van der Waals surface area (Å²) in [5, 5.41) is 13.9. The zero-order valence-electron chi connectivity index (χ0n) is 20.1. The van der Waals surface area contributed by atoms with E-state index in [9.17, 15) is 9.90 Å². The molecule has 2 aliphatic rings. The average molecular weight is 423 g/mol. The fraction of sp³-hybridized carbons (Fsp3) is 0.556. The molecule has 1 aromatic heterocycles. The standard InChI is InChI=1S/C27H38N2O2/c1-19-9-7-15-26(3,4)23(19)13-11-21-17-22(29(28-21)18-25(30)31)12-14-24-20(2)10-8-16-27(24,5)6/h11-14,17H,7-10,15-16,18H2,1-6H3,(H,30,31)/b13-11+,14-12+. The number of hydrogen-bond donors (Lipinski definition) is 1.